The van der Waals surface area contributed by atoms with Gasteiger partial charge in [0.15, 0.2) is 0 Å². The first-order chi connectivity index (χ1) is 14.9. The van der Waals surface area contributed by atoms with Crippen molar-refractivity contribution >= 4 is 74.4 Å². The summed E-state index contributed by atoms with van der Waals surface area (Å²) in [5, 5.41) is 0. The van der Waals surface area contributed by atoms with Crippen LogP contribution in [0.25, 0.3) is 0 Å². The van der Waals surface area contributed by atoms with Crippen molar-refractivity contribution in [1.82, 2.24) is 0 Å². The average molecular weight is 521 g/mol. The van der Waals surface area contributed by atoms with E-state index in [0.717, 1.165) is 0 Å². The van der Waals surface area contributed by atoms with Crippen LogP contribution in [0.15, 0.2) is 0 Å². The second kappa shape index (κ2) is 25.5. The van der Waals surface area contributed by atoms with Crippen molar-refractivity contribution in [3.63, 3.8) is 0 Å². The summed E-state index contributed by atoms with van der Waals surface area (Å²) >= 11 is 15.5. The Morgan fingerprint density at radius 1 is 0.419 bits per heavy atom. The van der Waals surface area contributed by atoms with Gasteiger partial charge in [-0.05, 0) is 0 Å². The number of rotatable bonds is 17. The maximum Gasteiger partial charge on any atom is 0.306 e. The molecule has 0 bridgehead atoms. The van der Waals surface area contributed by atoms with Gasteiger partial charge in [-0.15, -0.1) is 0 Å². The second-order valence-corrected chi connectivity index (χ2v) is 7.18. The summed E-state index contributed by atoms with van der Waals surface area (Å²) < 4.78 is 24.2. The van der Waals surface area contributed by atoms with Crippen LogP contribution in [0.3, 0.4) is 0 Å². The molecule has 0 atom stereocenters. The van der Waals surface area contributed by atoms with E-state index in [9.17, 15) is 19.2 Å². The number of carbonyl (C=O) groups is 4. The molecule has 0 aliphatic carbocycles. The Morgan fingerprint density at radius 2 is 0.645 bits per heavy atom. The molecular formula is C18H32O9S4. The zero-order chi connectivity index (χ0) is 23.7. The molecule has 0 N–H and O–H groups in total. The summed E-state index contributed by atoms with van der Waals surface area (Å²) in [5.41, 5.74) is 0. The molecule has 0 aromatic carbocycles. The van der Waals surface area contributed by atoms with Crippen molar-refractivity contribution in [3.8, 4) is 0 Å². The van der Waals surface area contributed by atoms with Crippen LogP contribution in [0, 0.1) is 0 Å². The molecule has 0 amide bonds. The Balaban J connectivity index is 0. The lowest BCUT2D eigenvalue weighted by Gasteiger charge is -2.06. The van der Waals surface area contributed by atoms with E-state index in [-0.39, 0.29) is 63.1 Å². The van der Waals surface area contributed by atoms with Crippen LogP contribution in [-0.4, -0.2) is 86.5 Å². The molecule has 0 aromatic heterocycles. The molecule has 0 rings (SSSR count). The number of hydrogen-bond donors (Lipinski definition) is 4. The smallest absolute Gasteiger partial charge is 0.306 e. The third-order valence-corrected chi connectivity index (χ3v) is 3.75. The van der Waals surface area contributed by atoms with E-state index in [2.05, 4.69) is 50.5 Å². The lowest BCUT2D eigenvalue weighted by Crippen LogP contribution is -2.14. The van der Waals surface area contributed by atoms with Crippen LogP contribution in [0.2, 0.25) is 0 Å². The van der Waals surface area contributed by atoms with Crippen LogP contribution >= 0.6 is 50.5 Å². The molecule has 0 spiro atoms. The van der Waals surface area contributed by atoms with Crippen molar-refractivity contribution in [1.29, 1.82) is 0 Å². The van der Waals surface area contributed by atoms with Gasteiger partial charge in [-0.2, -0.15) is 50.5 Å². The van der Waals surface area contributed by atoms with Crippen LogP contribution in [0.1, 0.15) is 25.7 Å². The molecule has 0 fully saturated rings. The lowest BCUT2D eigenvalue weighted by atomic mass is 10.5. The highest BCUT2D eigenvalue weighted by Gasteiger charge is 2.03. The maximum atomic E-state index is 10.9. The van der Waals surface area contributed by atoms with Crippen LogP contribution in [0.5, 0.6) is 0 Å². The first-order valence-electron chi connectivity index (χ1n) is 9.54. The van der Waals surface area contributed by atoms with Gasteiger partial charge in [0.1, 0.15) is 26.4 Å². The number of hydrogen-bond acceptors (Lipinski definition) is 13. The summed E-state index contributed by atoms with van der Waals surface area (Å²) in [7, 11) is 0. The third kappa shape index (κ3) is 27.2. The molecule has 31 heavy (non-hydrogen) atoms. The standard InChI is InChI=1S/C10H18O5S2.C8H14O4S2/c11-9(1-7-16)14-5-3-13-4-6-15-10(12)2-8-17;9-7(1-5-13)11-3-4-12-8(10)2-6-14/h16-17H,1-8H2;13-14H,1-6H2. The molecule has 182 valence electrons. The molecular weight excluding hydrogens is 488 g/mol. The molecule has 0 saturated carbocycles. The first-order valence-corrected chi connectivity index (χ1v) is 12.1. The molecule has 9 nitrogen and oxygen atoms in total. The van der Waals surface area contributed by atoms with E-state index in [1.807, 2.05) is 0 Å². The zero-order valence-electron chi connectivity index (χ0n) is 17.4. The van der Waals surface area contributed by atoms with E-state index in [1.54, 1.807) is 0 Å². The minimum atomic E-state index is -0.328. The van der Waals surface area contributed by atoms with Gasteiger partial charge in [-0.1, -0.05) is 0 Å². The molecule has 0 heterocycles. The Labute approximate surface area is 205 Å². The van der Waals surface area contributed by atoms with Crippen molar-refractivity contribution < 1.29 is 42.9 Å². The number of thiol groups is 4. The summed E-state index contributed by atoms with van der Waals surface area (Å²) in [5.74, 6) is 0.626. The average Bonchev–Trinajstić information content (AvgIpc) is 2.72. The summed E-state index contributed by atoms with van der Waals surface area (Å²) in [4.78, 5) is 43.4. The van der Waals surface area contributed by atoms with Gasteiger partial charge in [0.2, 0.25) is 0 Å². The zero-order valence-corrected chi connectivity index (χ0v) is 20.9. The van der Waals surface area contributed by atoms with E-state index >= 15 is 0 Å². The van der Waals surface area contributed by atoms with E-state index in [1.165, 1.54) is 0 Å². The van der Waals surface area contributed by atoms with Crippen molar-refractivity contribution in [2.45, 2.75) is 25.7 Å². The van der Waals surface area contributed by atoms with Gasteiger partial charge in [-0.25, -0.2) is 0 Å². The number of ether oxygens (including phenoxy) is 5. The molecule has 0 unspecified atom stereocenters. The van der Waals surface area contributed by atoms with Crippen LogP contribution < -0.4 is 0 Å². The van der Waals surface area contributed by atoms with Crippen LogP contribution in [0.4, 0.5) is 0 Å². The normalized spacial score (nSPS) is 9.81. The predicted molar refractivity (Wildman–Crippen MR) is 129 cm³/mol. The van der Waals surface area contributed by atoms with Gasteiger partial charge in [0.25, 0.3) is 0 Å². The Kier molecular flexibility index (Phi) is 26.7. The molecule has 0 aromatic rings. The SMILES string of the molecule is O=C(CCS)OCCOC(=O)CCS.O=C(CCS)OCCOCCOC(=O)CCS. The van der Waals surface area contributed by atoms with E-state index in [0.29, 0.717) is 49.1 Å². The minimum absolute atomic E-state index is 0.102. The number of carbonyl (C=O) groups excluding carboxylic acids is 4. The highest BCUT2D eigenvalue weighted by atomic mass is 32.1. The Hall–Kier alpha value is -0.760. The van der Waals surface area contributed by atoms with Gasteiger partial charge in [-0.3, -0.25) is 19.2 Å². The van der Waals surface area contributed by atoms with Crippen LogP contribution in [-0.2, 0) is 42.9 Å². The third-order valence-electron chi connectivity index (χ3n) is 2.85. The van der Waals surface area contributed by atoms with Crippen molar-refractivity contribution in [2.75, 3.05) is 62.7 Å². The summed E-state index contributed by atoms with van der Waals surface area (Å²) in [6, 6.07) is 0. The van der Waals surface area contributed by atoms with E-state index in [4.69, 9.17) is 23.7 Å². The molecule has 0 aliphatic heterocycles. The highest BCUT2D eigenvalue weighted by molar-refractivity contribution is 7.80. The predicted octanol–water partition coefficient (Wildman–Crippen LogP) is 1.44. The lowest BCUT2D eigenvalue weighted by molar-refractivity contribution is -0.151. The van der Waals surface area contributed by atoms with E-state index < -0.39 is 0 Å². The fourth-order valence-corrected chi connectivity index (χ4v) is 2.23. The molecule has 13 heteroatoms. The maximum absolute atomic E-state index is 10.9. The topological polar surface area (TPSA) is 114 Å². The highest BCUT2D eigenvalue weighted by Crippen LogP contribution is 1.92. The fraction of sp³-hybridized carbons (Fsp3) is 0.778. The minimum Gasteiger partial charge on any atom is -0.463 e. The van der Waals surface area contributed by atoms with Gasteiger partial charge >= 0.3 is 23.9 Å². The largest absolute Gasteiger partial charge is 0.463 e. The summed E-state index contributed by atoms with van der Waals surface area (Å²) in [6.07, 6.45) is 1.14. The molecule has 0 aliphatic rings. The Morgan fingerprint density at radius 3 is 0.871 bits per heavy atom. The van der Waals surface area contributed by atoms with Gasteiger partial charge in [0.05, 0.1) is 38.9 Å². The fourth-order valence-electron chi connectivity index (χ4n) is 1.50. The summed E-state index contributed by atoms with van der Waals surface area (Å²) in [6.45, 7) is 1.20. The quantitative estimate of drug-likeness (QED) is 0.0979. The first kappa shape index (κ1) is 32.4. The molecule has 0 radical (unpaired) electrons. The molecule has 0 saturated heterocycles. The monoisotopic (exact) mass is 520 g/mol. The number of esters is 4. The van der Waals surface area contributed by atoms with Gasteiger partial charge in [0, 0.05) is 23.0 Å². The Bertz CT molecular complexity index is 451. The van der Waals surface area contributed by atoms with Gasteiger partial charge < -0.3 is 23.7 Å². The second-order valence-electron chi connectivity index (χ2n) is 5.39. The van der Waals surface area contributed by atoms with Crippen molar-refractivity contribution in [3.05, 3.63) is 0 Å². The van der Waals surface area contributed by atoms with Crippen molar-refractivity contribution in [2.24, 2.45) is 0 Å².